The highest BCUT2D eigenvalue weighted by Crippen LogP contribution is 2.15. The summed E-state index contributed by atoms with van der Waals surface area (Å²) in [5.74, 6) is 0.455. The molecule has 0 heterocycles. The second kappa shape index (κ2) is 7.21. The average Bonchev–Trinajstić information content (AvgIpc) is 2.34. The Balaban J connectivity index is 2.37. The fourth-order valence-electron chi connectivity index (χ4n) is 1.90. The van der Waals surface area contributed by atoms with Gasteiger partial charge >= 0.3 is 0 Å². The SMILES string of the molecule is CCCCCC[C@@H](C)C(=O)c1ccccc1. The van der Waals surface area contributed by atoms with E-state index in [1.54, 1.807) is 0 Å². The number of rotatable bonds is 7. The molecular formula is C15H22O. The van der Waals surface area contributed by atoms with E-state index >= 15 is 0 Å². The summed E-state index contributed by atoms with van der Waals surface area (Å²) >= 11 is 0. The molecule has 0 aliphatic rings. The van der Waals surface area contributed by atoms with Gasteiger partial charge in [0.2, 0.25) is 0 Å². The summed E-state index contributed by atoms with van der Waals surface area (Å²) in [7, 11) is 0. The molecule has 88 valence electrons. The molecule has 1 atom stereocenters. The Labute approximate surface area is 98.9 Å². The fourth-order valence-corrected chi connectivity index (χ4v) is 1.90. The van der Waals surface area contributed by atoms with Crippen molar-refractivity contribution in [3.8, 4) is 0 Å². The molecule has 0 radical (unpaired) electrons. The Hall–Kier alpha value is -1.11. The number of ketones is 1. The third kappa shape index (κ3) is 4.18. The quantitative estimate of drug-likeness (QED) is 0.487. The number of unbranched alkanes of at least 4 members (excludes halogenated alkanes) is 3. The van der Waals surface area contributed by atoms with Crippen molar-refractivity contribution in [2.45, 2.75) is 46.0 Å². The van der Waals surface area contributed by atoms with E-state index in [0.29, 0.717) is 0 Å². The molecule has 0 amide bonds. The van der Waals surface area contributed by atoms with Gasteiger partial charge in [-0.1, -0.05) is 69.9 Å². The molecular weight excluding hydrogens is 196 g/mol. The van der Waals surface area contributed by atoms with Crippen LogP contribution in [0.25, 0.3) is 0 Å². The highest BCUT2D eigenvalue weighted by molar-refractivity contribution is 5.97. The summed E-state index contributed by atoms with van der Waals surface area (Å²) in [5, 5.41) is 0. The van der Waals surface area contributed by atoms with Gasteiger partial charge in [-0.25, -0.2) is 0 Å². The van der Waals surface area contributed by atoms with Crippen LogP contribution in [0.2, 0.25) is 0 Å². The Morgan fingerprint density at radius 1 is 1.12 bits per heavy atom. The number of carbonyl (C=O) groups excluding carboxylic acids is 1. The molecule has 0 bridgehead atoms. The number of Topliss-reactive ketones (excluding diaryl/α,β-unsaturated/α-hetero) is 1. The minimum atomic E-state index is 0.166. The number of hydrogen-bond acceptors (Lipinski definition) is 1. The predicted octanol–water partition coefficient (Wildman–Crippen LogP) is 4.48. The second-order valence-corrected chi connectivity index (χ2v) is 4.48. The maximum Gasteiger partial charge on any atom is 0.165 e. The van der Waals surface area contributed by atoms with Gasteiger partial charge in [0.25, 0.3) is 0 Å². The standard InChI is InChI=1S/C15H22O/c1-3-4-5-7-10-13(2)15(16)14-11-8-6-9-12-14/h6,8-9,11-13H,3-5,7,10H2,1-2H3/t13-/m1/s1. The first-order valence-corrected chi connectivity index (χ1v) is 6.35. The average molecular weight is 218 g/mol. The van der Waals surface area contributed by atoms with Crippen molar-refractivity contribution in [1.29, 1.82) is 0 Å². The van der Waals surface area contributed by atoms with Crippen molar-refractivity contribution < 1.29 is 4.79 Å². The fraction of sp³-hybridized carbons (Fsp3) is 0.533. The van der Waals surface area contributed by atoms with Crippen LogP contribution in [-0.2, 0) is 0 Å². The topological polar surface area (TPSA) is 17.1 Å². The van der Waals surface area contributed by atoms with Crippen LogP contribution in [0.5, 0.6) is 0 Å². The third-order valence-electron chi connectivity index (χ3n) is 3.00. The van der Waals surface area contributed by atoms with Crippen LogP contribution in [0.1, 0.15) is 56.3 Å². The molecule has 1 aromatic rings. The Kier molecular flexibility index (Phi) is 5.84. The second-order valence-electron chi connectivity index (χ2n) is 4.48. The summed E-state index contributed by atoms with van der Waals surface area (Å²) in [5.41, 5.74) is 0.852. The molecule has 0 N–H and O–H groups in total. The van der Waals surface area contributed by atoms with Crippen molar-refractivity contribution in [2.75, 3.05) is 0 Å². The Morgan fingerprint density at radius 3 is 2.44 bits per heavy atom. The molecule has 0 fully saturated rings. The van der Waals surface area contributed by atoms with E-state index in [0.717, 1.165) is 12.0 Å². The summed E-state index contributed by atoms with van der Waals surface area (Å²) in [6.45, 7) is 4.25. The maximum atomic E-state index is 12.0. The molecule has 0 unspecified atom stereocenters. The molecule has 0 aromatic heterocycles. The summed E-state index contributed by atoms with van der Waals surface area (Å²) in [6.07, 6.45) is 5.98. The van der Waals surface area contributed by atoms with Crippen LogP contribution in [0, 0.1) is 5.92 Å². The molecule has 0 saturated carbocycles. The van der Waals surface area contributed by atoms with Gasteiger partial charge in [0.05, 0.1) is 0 Å². The summed E-state index contributed by atoms with van der Waals surface area (Å²) in [6, 6.07) is 9.62. The Morgan fingerprint density at radius 2 is 1.81 bits per heavy atom. The highest BCUT2D eigenvalue weighted by atomic mass is 16.1. The molecule has 16 heavy (non-hydrogen) atoms. The number of benzene rings is 1. The Bertz CT molecular complexity index is 302. The zero-order valence-corrected chi connectivity index (χ0v) is 10.4. The van der Waals surface area contributed by atoms with Crippen LogP contribution in [0.15, 0.2) is 30.3 Å². The largest absolute Gasteiger partial charge is 0.294 e. The lowest BCUT2D eigenvalue weighted by Gasteiger charge is -2.09. The van der Waals surface area contributed by atoms with E-state index in [1.807, 2.05) is 37.3 Å². The minimum absolute atomic E-state index is 0.166. The van der Waals surface area contributed by atoms with E-state index in [2.05, 4.69) is 6.92 Å². The smallest absolute Gasteiger partial charge is 0.165 e. The van der Waals surface area contributed by atoms with Gasteiger partial charge in [0, 0.05) is 11.5 Å². The minimum Gasteiger partial charge on any atom is -0.294 e. The normalized spacial score (nSPS) is 12.4. The molecule has 0 saturated heterocycles. The van der Waals surface area contributed by atoms with Gasteiger partial charge < -0.3 is 0 Å². The molecule has 0 spiro atoms. The van der Waals surface area contributed by atoms with Crippen LogP contribution < -0.4 is 0 Å². The van der Waals surface area contributed by atoms with Crippen molar-refractivity contribution in [1.82, 2.24) is 0 Å². The van der Waals surface area contributed by atoms with Crippen molar-refractivity contribution >= 4 is 5.78 Å². The van der Waals surface area contributed by atoms with E-state index < -0.39 is 0 Å². The zero-order valence-electron chi connectivity index (χ0n) is 10.4. The van der Waals surface area contributed by atoms with E-state index in [1.165, 1.54) is 25.7 Å². The molecule has 1 nitrogen and oxygen atoms in total. The van der Waals surface area contributed by atoms with Crippen LogP contribution in [0.4, 0.5) is 0 Å². The zero-order chi connectivity index (χ0) is 11.8. The lowest BCUT2D eigenvalue weighted by atomic mass is 9.94. The first-order valence-electron chi connectivity index (χ1n) is 6.35. The van der Waals surface area contributed by atoms with Crippen LogP contribution in [-0.4, -0.2) is 5.78 Å². The lowest BCUT2D eigenvalue weighted by molar-refractivity contribution is 0.0922. The molecule has 0 aliphatic carbocycles. The predicted molar refractivity (Wildman–Crippen MR) is 68.7 cm³/mol. The van der Waals surface area contributed by atoms with Gasteiger partial charge in [0.1, 0.15) is 0 Å². The molecule has 1 rings (SSSR count). The van der Waals surface area contributed by atoms with Crippen molar-refractivity contribution in [3.63, 3.8) is 0 Å². The number of carbonyl (C=O) groups is 1. The van der Waals surface area contributed by atoms with Gasteiger partial charge in [-0.05, 0) is 6.42 Å². The monoisotopic (exact) mass is 218 g/mol. The van der Waals surface area contributed by atoms with Gasteiger partial charge in [-0.2, -0.15) is 0 Å². The first kappa shape index (κ1) is 13.0. The molecule has 1 heteroatoms. The van der Waals surface area contributed by atoms with E-state index in [9.17, 15) is 4.79 Å². The van der Waals surface area contributed by atoms with Gasteiger partial charge in [0.15, 0.2) is 5.78 Å². The van der Waals surface area contributed by atoms with Crippen molar-refractivity contribution in [2.24, 2.45) is 5.92 Å². The first-order chi connectivity index (χ1) is 7.75. The van der Waals surface area contributed by atoms with E-state index in [-0.39, 0.29) is 11.7 Å². The molecule has 1 aromatic carbocycles. The van der Waals surface area contributed by atoms with Crippen molar-refractivity contribution in [3.05, 3.63) is 35.9 Å². The highest BCUT2D eigenvalue weighted by Gasteiger charge is 2.13. The van der Waals surface area contributed by atoms with Gasteiger partial charge in [-0.15, -0.1) is 0 Å². The summed E-state index contributed by atoms with van der Waals surface area (Å²) < 4.78 is 0. The van der Waals surface area contributed by atoms with E-state index in [4.69, 9.17) is 0 Å². The molecule has 0 aliphatic heterocycles. The lowest BCUT2D eigenvalue weighted by Crippen LogP contribution is -2.11. The van der Waals surface area contributed by atoms with Crippen LogP contribution in [0.3, 0.4) is 0 Å². The maximum absolute atomic E-state index is 12.0. The summed E-state index contributed by atoms with van der Waals surface area (Å²) in [4.78, 5) is 12.0. The van der Waals surface area contributed by atoms with Gasteiger partial charge in [-0.3, -0.25) is 4.79 Å². The third-order valence-corrected chi connectivity index (χ3v) is 3.00. The van der Waals surface area contributed by atoms with Crippen LogP contribution >= 0.6 is 0 Å². The number of hydrogen-bond donors (Lipinski definition) is 0.